The molecule has 138 valence electrons. The predicted octanol–water partition coefficient (Wildman–Crippen LogP) is 1.16. The molecule has 7 nitrogen and oxygen atoms in total. The molecule has 0 spiro atoms. The van der Waals surface area contributed by atoms with E-state index in [1.54, 1.807) is 31.4 Å². The molecule has 0 saturated carbocycles. The van der Waals surface area contributed by atoms with E-state index in [-0.39, 0.29) is 37.1 Å². The molecule has 0 N–H and O–H groups in total. The first kappa shape index (κ1) is 18.0. The Morgan fingerprint density at radius 1 is 1.15 bits per heavy atom. The van der Waals surface area contributed by atoms with Crippen molar-refractivity contribution in [3.05, 3.63) is 36.4 Å². The van der Waals surface area contributed by atoms with Crippen LogP contribution in [0.4, 0.5) is 0 Å². The van der Waals surface area contributed by atoms with Crippen molar-refractivity contribution in [2.24, 2.45) is 0 Å². The van der Waals surface area contributed by atoms with E-state index in [2.05, 4.69) is 6.58 Å². The van der Waals surface area contributed by atoms with Crippen LogP contribution in [0.15, 0.2) is 30.9 Å². The Morgan fingerprint density at radius 2 is 1.92 bits per heavy atom. The normalized spacial score (nSPS) is 22.5. The third-order valence-electron chi connectivity index (χ3n) is 4.90. The van der Waals surface area contributed by atoms with Gasteiger partial charge < -0.3 is 19.3 Å². The summed E-state index contributed by atoms with van der Waals surface area (Å²) >= 11 is 0. The number of hydrogen-bond donors (Lipinski definition) is 0. The lowest BCUT2D eigenvalue weighted by atomic mass is 10.0. The molecule has 0 aliphatic carbocycles. The summed E-state index contributed by atoms with van der Waals surface area (Å²) in [6.07, 6.45) is 2.15. The summed E-state index contributed by atoms with van der Waals surface area (Å²) in [5.74, 6) is 0.410. The van der Waals surface area contributed by atoms with Gasteiger partial charge in [-0.3, -0.25) is 14.4 Å². The van der Waals surface area contributed by atoms with Gasteiger partial charge in [0, 0.05) is 24.6 Å². The van der Waals surface area contributed by atoms with Gasteiger partial charge in [-0.1, -0.05) is 6.08 Å². The van der Waals surface area contributed by atoms with Crippen LogP contribution in [0.25, 0.3) is 0 Å². The van der Waals surface area contributed by atoms with Crippen molar-refractivity contribution in [2.75, 3.05) is 20.8 Å². The van der Waals surface area contributed by atoms with Crippen molar-refractivity contribution in [3.63, 3.8) is 0 Å². The predicted molar refractivity (Wildman–Crippen MR) is 93.8 cm³/mol. The summed E-state index contributed by atoms with van der Waals surface area (Å²) in [5, 5.41) is 0. The average Bonchev–Trinajstić information content (AvgIpc) is 2.84. The fourth-order valence-electron chi connectivity index (χ4n) is 3.59. The number of ether oxygens (including phenoxy) is 2. The summed E-state index contributed by atoms with van der Waals surface area (Å²) in [7, 11) is 3.08. The minimum absolute atomic E-state index is 0.132. The zero-order valence-electron chi connectivity index (χ0n) is 14.9. The van der Waals surface area contributed by atoms with Crippen molar-refractivity contribution >= 4 is 17.6 Å². The average molecular weight is 358 g/mol. The molecule has 2 amide bonds. The van der Waals surface area contributed by atoms with Gasteiger partial charge in [-0.15, -0.1) is 6.58 Å². The quantitative estimate of drug-likeness (QED) is 0.563. The number of nitrogens with zero attached hydrogens (tertiary/aromatic N) is 2. The number of piperazine rings is 1. The number of carbonyl (C=O) groups is 3. The first-order valence-corrected chi connectivity index (χ1v) is 8.47. The Hall–Kier alpha value is -2.83. The zero-order valence-corrected chi connectivity index (χ0v) is 14.9. The molecule has 3 heterocycles. The van der Waals surface area contributed by atoms with Crippen molar-refractivity contribution in [3.8, 4) is 11.5 Å². The van der Waals surface area contributed by atoms with Gasteiger partial charge in [0.15, 0.2) is 11.8 Å². The van der Waals surface area contributed by atoms with Crippen molar-refractivity contribution < 1.29 is 23.9 Å². The molecule has 3 fully saturated rings. The SMILES string of the molecule is C=CCN1C(=O)[C@@H]2C(=O)CC[C@@H]1C(=O)N2Cc1ccc(OC)cc1OC. The highest BCUT2D eigenvalue weighted by molar-refractivity contribution is 6.13. The van der Waals surface area contributed by atoms with E-state index in [1.807, 2.05) is 0 Å². The topological polar surface area (TPSA) is 76.2 Å². The van der Waals surface area contributed by atoms with Crippen molar-refractivity contribution in [1.29, 1.82) is 0 Å². The van der Waals surface area contributed by atoms with E-state index in [1.165, 1.54) is 16.9 Å². The number of hydrogen-bond acceptors (Lipinski definition) is 5. The van der Waals surface area contributed by atoms with Crippen LogP contribution in [-0.4, -0.2) is 60.2 Å². The third-order valence-corrected chi connectivity index (χ3v) is 4.90. The lowest BCUT2D eigenvalue weighted by molar-refractivity contribution is -0.162. The van der Waals surface area contributed by atoms with Crippen LogP contribution in [0.2, 0.25) is 0 Å². The summed E-state index contributed by atoms with van der Waals surface area (Å²) in [5.41, 5.74) is 0.713. The first-order valence-electron chi connectivity index (χ1n) is 8.47. The summed E-state index contributed by atoms with van der Waals surface area (Å²) in [4.78, 5) is 41.2. The third kappa shape index (κ3) is 2.94. The number of ketones is 1. The maximum Gasteiger partial charge on any atom is 0.254 e. The van der Waals surface area contributed by atoms with E-state index in [0.29, 0.717) is 23.5 Å². The number of rotatable bonds is 6. The van der Waals surface area contributed by atoms with Gasteiger partial charge in [0.1, 0.15) is 17.5 Å². The second kappa shape index (κ2) is 7.19. The second-order valence-corrected chi connectivity index (χ2v) is 6.35. The summed E-state index contributed by atoms with van der Waals surface area (Å²) in [6, 6.07) is 3.55. The Morgan fingerprint density at radius 3 is 2.58 bits per heavy atom. The monoisotopic (exact) mass is 358 g/mol. The van der Waals surface area contributed by atoms with Gasteiger partial charge in [-0.05, 0) is 18.6 Å². The fraction of sp³-hybridized carbons (Fsp3) is 0.421. The molecule has 0 aromatic heterocycles. The molecule has 3 saturated heterocycles. The van der Waals surface area contributed by atoms with Gasteiger partial charge in [0.05, 0.1) is 20.8 Å². The maximum absolute atomic E-state index is 13.0. The molecule has 0 radical (unpaired) electrons. The molecular weight excluding hydrogens is 336 g/mol. The highest BCUT2D eigenvalue weighted by Crippen LogP contribution is 2.32. The van der Waals surface area contributed by atoms with Gasteiger partial charge in [-0.25, -0.2) is 0 Å². The van der Waals surface area contributed by atoms with Gasteiger partial charge in [0.2, 0.25) is 5.91 Å². The van der Waals surface area contributed by atoms with Crippen LogP contribution in [0.5, 0.6) is 11.5 Å². The van der Waals surface area contributed by atoms with E-state index in [4.69, 9.17) is 9.47 Å². The summed E-state index contributed by atoms with van der Waals surface area (Å²) in [6.45, 7) is 4.04. The molecular formula is C19H22N2O5. The molecule has 3 aliphatic rings. The second-order valence-electron chi connectivity index (χ2n) is 6.35. The standard InChI is InChI=1S/C19H22N2O5/c1-4-9-20-14-7-8-15(22)17(19(20)24)21(18(14)23)11-12-5-6-13(25-2)10-16(12)26-3/h4-6,10,14,17H,1,7-9,11H2,2-3H3/t14-,17+/m1/s1. The molecule has 26 heavy (non-hydrogen) atoms. The highest BCUT2D eigenvalue weighted by atomic mass is 16.5. The molecule has 7 heteroatoms. The number of fused-ring (bicyclic) bond motifs is 4. The van der Waals surface area contributed by atoms with Crippen LogP contribution in [0.3, 0.4) is 0 Å². The Kier molecular flexibility index (Phi) is 4.97. The Labute approximate surface area is 152 Å². The highest BCUT2D eigenvalue weighted by Gasteiger charge is 2.51. The lowest BCUT2D eigenvalue weighted by Gasteiger charge is -2.41. The number of benzene rings is 1. The minimum atomic E-state index is -1.08. The number of carbonyl (C=O) groups excluding carboxylic acids is 3. The molecule has 0 unspecified atom stereocenters. The number of methoxy groups -OCH3 is 2. The lowest BCUT2D eigenvalue weighted by Crippen LogP contribution is -2.64. The Balaban J connectivity index is 1.95. The number of amides is 2. The zero-order chi connectivity index (χ0) is 18.8. The van der Waals surface area contributed by atoms with Crippen LogP contribution >= 0.6 is 0 Å². The smallest absolute Gasteiger partial charge is 0.254 e. The minimum Gasteiger partial charge on any atom is -0.497 e. The molecule has 2 atom stereocenters. The van der Waals surface area contributed by atoms with Crippen LogP contribution in [-0.2, 0) is 20.9 Å². The van der Waals surface area contributed by atoms with Crippen LogP contribution in [0.1, 0.15) is 18.4 Å². The van der Waals surface area contributed by atoms with E-state index in [9.17, 15) is 14.4 Å². The number of Topliss-reactive ketones (excluding diaryl/α,β-unsaturated/α-hetero) is 1. The molecule has 4 rings (SSSR count). The maximum atomic E-state index is 13.0. The van der Waals surface area contributed by atoms with Gasteiger partial charge >= 0.3 is 0 Å². The first-order chi connectivity index (χ1) is 12.5. The molecule has 2 bridgehead atoms. The van der Waals surface area contributed by atoms with E-state index in [0.717, 1.165) is 0 Å². The van der Waals surface area contributed by atoms with E-state index < -0.39 is 12.1 Å². The molecule has 1 aromatic rings. The largest absolute Gasteiger partial charge is 0.497 e. The van der Waals surface area contributed by atoms with Gasteiger partial charge in [0.25, 0.3) is 5.91 Å². The van der Waals surface area contributed by atoms with Gasteiger partial charge in [-0.2, -0.15) is 0 Å². The molecule has 3 aliphatic heterocycles. The van der Waals surface area contributed by atoms with Crippen molar-refractivity contribution in [1.82, 2.24) is 9.80 Å². The van der Waals surface area contributed by atoms with Crippen LogP contribution < -0.4 is 9.47 Å². The van der Waals surface area contributed by atoms with E-state index >= 15 is 0 Å². The fourth-order valence-corrected chi connectivity index (χ4v) is 3.59. The summed E-state index contributed by atoms with van der Waals surface area (Å²) < 4.78 is 10.6. The Bertz CT molecular complexity index is 760. The van der Waals surface area contributed by atoms with Crippen molar-refractivity contribution in [2.45, 2.75) is 31.5 Å². The van der Waals surface area contributed by atoms with Crippen LogP contribution in [0, 0.1) is 0 Å². The molecule has 1 aromatic carbocycles.